The van der Waals surface area contributed by atoms with Crippen molar-refractivity contribution in [1.82, 2.24) is 4.90 Å². The number of methoxy groups -OCH3 is 1. The second-order valence-electron chi connectivity index (χ2n) is 5.09. The molecule has 1 amide bonds. The lowest BCUT2D eigenvalue weighted by molar-refractivity contribution is -0.130. The molecule has 0 atom stereocenters. The molecule has 0 aliphatic rings. The predicted molar refractivity (Wildman–Crippen MR) is 83.9 cm³/mol. The Bertz CT molecular complexity index is 497. The van der Waals surface area contributed by atoms with Gasteiger partial charge >= 0.3 is 0 Å². The van der Waals surface area contributed by atoms with Gasteiger partial charge in [-0.2, -0.15) is 0 Å². The summed E-state index contributed by atoms with van der Waals surface area (Å²) in [5.74, 6) is 0.717. The summed E-state index contributed by atoms with van der Waals surface area (Å²) >= 11 is 0. The first-order chi connectivity index (χ1) is 10.0. The highest BCUT2D eigenvalue weighted by molar-refractivity contribution is 5.94. The van der Waals surface area contributed by atoms with Crippen LogP contribution in [0.1, 0.15) is 49.5 Å². The Hall–Kier alpha value is -1.84. The largest absolute Gasteiger partial charge is 0.496 e. The number of benzene rings is 1. The fourth-order valence-corrected chi connectivity index (χ4v) is 2.22. The maximum Gasteiger partial charge on any atom is 0.227 e. The molecule has 0 fully saturated rings. The number of amides is 1. The third-order valence-electron chi connectivity index (χ3n) is 3.54. The standard InChI is InChI=1S/C17H25NO3/c1-5-7-10-18(6-2)17(20)12-15-11-14(13(3)19)8-9-16(15)21-4/h8-9,11H,5-7,10,12H2,1-4H3. The average Bonchev–Trinajstić information content (AvgIpc) is 2.47. The minimum atomic E-state index is -0.00955. The number of likely N-dealkylation sites (N-methyl/N-ethyl adjacent to an activating group) is 1. The summed E-state index contributed by atoms with van der Waals surface area (Å²) in [6, 6.07) is 5.23. The molecular weight excluding hydrogens is 266 g/mol. The lowest BCUT2D eigenvalue weighted by Gasteiger charge is -2.21. The van der Waals surface area contributed by atoms with Gasteiger partial charge in [0.1, 0.15) is 5.75 Å². The van der Waals surface area contributed by atoms with E-state index in [-0.39, 0.29) is 18.1 Å². The highest BCUT2D eigenvalue weighted by Crippen LogP contribution is 2.21. The molecule has 4 heteroatoms. The molecule has 1 aromatic carbocycles. The molecule has 0 saturated carbocycles. The van der Waals surface area contributed by atoms with Gasteiger partial charge in [0.2, 0.25) is 5.91 Å². The van der Waals surface area contributed by atoms with Gasteiger partial charge in [0.15, 0.2) is 5.78 Å². The van der Waals surface area contributed by atoms with E-state index in [4.69, 9.17) is 4.74 Å². The van der Waals surface area contributed by atoms with Crippen LogP contribution in [0.4, 0.5) is 0 Å². The number of ether oxygens (including phenoxy) is 1. The van der Waals surface area contributed by atoms with Crippen molar-refractivity contribution in [2.24, 2.45) is 0 Å². The number of carbonyl (C=O) groups excluding carboxylic acids is 2. The van der Waals surface area contributed by atoms with Crippen LogP contribution in [0.5, 0.6) is 5.75 Å². The van der Waals surface area contributed by atoms with Gasteiger partial charge in [-0.25, -0.2) is 0 Å². The normalized spacial score (nSPS) is 10.3. The minimum absolute atomic E-state index is 0.00955. The molecule has 0 spiro atoms. The van der Waals surface area contributed by atoms with E-state index in [2.05, 4.69) is 6.92 Å². The Morgan fingerprint density at radius 3 is 2.48 bits per heavy atom. The summed E-state index contributed by atoms with van der Waals surface area (Å²) in [5.41, 5.74) is 1.38. The molecular formula is C17H25NO3. The zero-order chi connectivity index (χ0) is 15.8. The number of hydrogen-bond acceptors (Lipinski definition) is 3. The van der Waals surface area contributed by atoms with Crippen LogP contribution < -0.4 is 4.74 Å². The summed E-state index contributed by atoms with van der Waals surface area (Å²) in [6.45, 7) is 7.09. The number of nitrogens with zero attached hydrogens (tertiary/aromatic N) is 1. The average molecular weight is 291 g/mol. The van der Waals surface area contributed by atoms with E-state index in [1.165, 1.54) is 6.92 Å². The molecule has 0 aliphatic carbocycles. The van der Waals surface area contributed by atoms with Crippen molar-refractivity contribution in [3.8, 4) is 5.75 Å². The highest BCUT2D eigenvalue weighted by Gasteiger charge is 2.15. The molecule has 0 saturated heterocycles. The lowest BCUT2D eigenvalue weighted by atomic mass is 10.0. The molecule has 0 aromatic heterocycles. The first-order valence-electron chi connectivity index (χ1n) is 7.49. The van der Waals surface area contributed by atoms with Gasteiger partial charge in [0, 0.05) is 24.2 Å². The summed E-state index contributed by atoms with van der Waals surface area (Å²) in [4.78, 5) is 25.7. The Balaban J connectivity index is 2.91. The SMILES string of the molecule is CCCCN(CC)C(=O)Cc1cc(C(C)=O)ccc1OC. The van der Waals surface area contributed by atoms with E-state index in [1.807, 2.05) is 11.8 Å². The minimum Gasteiger partial charge on any atom is -0.496 e. The predicted octanol–water partition coefficient (Wildman–Crippen LogP) is 3.09. The van der Waals surface area contributed by atoms with Crippen molar-refractivity contribution in [3.05, 3.63) is 29.3 Å². The third-order valence-corrected chi connectivity index (χ3v) is 3.54. The number of Topliss-reactive ketones (excluding diaryl/α,β-unsaturated/α-hetero) is 1. The zero-order valence-corrected chi connectivity index (χ0v) is 13.4. The fourth-order valence-electron chi connectivity index (χ4n) is 2.22. The molecule has 116 valence electrons. The van der Waals surface area contributed by atoms with Crippen molar-refractivity contribution in [3.63, 3.8) is 0 Å². The molecule has 0 radical (unpaired) electrons. The number of unbranched alkanes of at least 4 members (excludes halogenated alkanes) is 1. The van der Waals surface area contributed by atoms with Crippen LogP contribution in [0.25, 0.3) is 0 Å². The first-order valence-corrected chi connectivity index (χ1v) is 7.49. The summed E-state index contributed by atoms with van der Waals surface area (Å²) in [5, 5.41) is 0. The Morgan fingerprint density at radius 1 is 1.24 bits per heavy atom. The fraction of sp³-hybridized carbons (Fsp3) is 0.529. The number of hydrogen-bond donors (Lipinski definition) is 0. The van der Waals surface area contributed by atoms with E-state index in [0.29, 0.717) is 17.9 Å². The van der Waals surface area contributed by atoms with Crippen LogP contribution in [0.2, 0.25) is 0 Å². The molecule has 0 N–H and O–H groups in total. The first kappa shape index (κ1) is 17.2. The number of ketones is 1. The molecule has 1 aromatic rings. The van der Waals surface area contributed by atoms with E-state index in [1.54, 1.807) is 25.3 Å². The van der Waals surface area contributed by atoms with E-state index >= 15 is 0 Å². The van der Waals surface area contributed by atoms with Gasteiger partial charge in [-0.3, -0.25) is 9.59 Å². The summed E-state index contributed by atoms with van der Waals surface area (Å²) < 4.78 is 5.29. The third kappa shape index (κ3) is 4.88. The highest BCUT2D eigenvalue weighted by atomic mass is 16.5. The maximum atomic E-state index is 12.4. The zero-order valence-electron chi connectivity index (χ0n) is 13.4. The van der Waals surface area contributed by atoms with Crippen molar-refractivity contribution in [2.45, 2.75) is 40.0 Å². The second-order valence-corrected chi connectivity index (χ2v) is 5.09. The van der Waals surface area contributed by atoms with Crippen LogP contribution in [0.15, 0.2) is 18.2 Å². The van der Waals surface area contributed by atoms with Gasteiger partial charge < -0.3 is 9.64 Å². The van der Waals surface area contributed by atoms with Crippen molar-refractivity contribution in [1.29, 1.82) is 0 Å². The monoisotopic (exact) mass is 291 g/mol. The van der Waals surface area contributed by atoms with Gasteiger partial charge in [0.05, 0.1) is 13.5 Å². The van der Waals surface area contributed by atoms with Crippen LogP contribution in [-0.2, 0) is 11.2 Å². The van der Waals surface area contributed by atoms with Gasteiger partial charge in [-0.1, -0.05) is 13.3 Å². The molecule has 0 aliphatic heterocycles. The van der Waals surface area contributed by atoms with Crippen LogP contribution in [0.3, 0.4) is 0 Å². The van der Waals surface area contributed by atoms with E-state index < -0.39 is 0 Å². The van der Waals surface area contributed by atoms with E-state index in [9.17, 15) is 9.59 Å². The quantitative estimate of drug-likeness (QED) is 0.691. The van der Waals surface area contributed by atoms with Gasteiger partial charge in [-0.15, -0.1) is 0 Å². The van der Waals surface area contributed by atoms with Crippen molar-refractivity contribution < 1.29 is 14.3 Å². The molecule has 1 rings (SSSR count). The smallest absolute Gasteiger partial charge is 0.227 e. The maximum absolute atomic E-state index is 12.4. The lowest BCUT2D eigenvalue weighted by Crippen LogP contribution is -2.33. The molecule has 0 unspecified atom stereocenters. The van der Waals surface area contributed by atoms with Gasteiger partial charge in [-0.05, 0) is 38.5 Å². The number of rotatable bonds is 8. The topological polar surface area (TPSA) is 46.6 Å². The molecule has 0 heterocycles. The van der Waals surface area contributed by atoms with Crippen molar-refractivity contribution >= 4 is 11.7 Å². The molecule has 21 heavy (non-hydrogen) atoms. The Morgan fingerprint density at radius 2 is 1.95 bits per heavy atom. The van der Waals surface area contributed by atoms with Gasteiger partial charge in [0.25, 0.3) is 0 Å². The second kappa shape index (κ2) is 8.45. The van der Waals surface area contributed by atoms with E-state index in [0.717, 1.165) is 24.9 Å². The van der Waals surface area contributed by atoms with Crippen LogP contribution in [0, 0.1) is 0 Å². The van der Waals surface area contributed by atoms with Crippen molar-refractivity contribution in [2.75, 3.05) is 20.2 Å². The molecule has 0 bridgehead atoms. The van der Waals surface area contributed by atoms with Crippen LogP contribution in [-0.4, -0.2) is 36.8 Å². The Kier molecular flexibility index (Phi) is 6.92. The van der Waals surface area contributed by atoms with Crippen LogP contribution >= 0.6 is 0 Å². The Labute approximate surface area is 127 Å². The summed E-state index contributed by atoms with van der Waals surface area (Å²) in [6.07, 6.45) is 2.33. The number of carbonyl (C=O) groups is 2. The summed E-state index contributed by atoms with van der Waals surface area (Å²) in [7, 11) is 1.57. The molecule has 4 nitrogen and oxygen atoms in total.